The van der Waals surface area contributed by atoms with Crippen molar-refractivity contribution in [3.8, 4) is 5.75 Å². The quantitative estimate of drug-likeness (QED) is 0.237. The van der Waals surface area contributed by atoms with Gasteiger partial charge in [0.1, 0.15) is 5.75 Å². The Morgan fingerprint density at radius 2 is 1.61 bits per heavy atom. The zero-order valence-corrected chi connectivity index (χ0v) is 16.5. The third-order valence-corrected chi connectivity index (χ3v) is 4.52. The molecule has 0 saturated heterocycles. The van der Waals surface area contributed by atoms with Crippen LogP contribution in [0.2, 0.25) is 0 Å². The van der Waals surface area contributed by atoms with Crippen LogP contribution in [0.4, 0.5) is 15.8 Å². The van der Waals surface area contributed by atoms with E-state index in [9.17, 15) is 24.1 Å². The first-order valence-electron chi connectivity index (χ1n) is 9.42. The molecule has 0 radical (unpaired) electrons. The van der Waals surface area contributed by atoms with Gasteiger partial charge in [0.2, 0.25) is 11.6 Å². The highest BCUT2D eigenvalue weighted by Gasteiger charge is 2.32. The minimum Gasteiger partial charge on any atom is -0.483 e. The van der Waals surface area contributed by atoms with Crippen molar-refractivity contribution in [1.29, 1.82) is 0 Å². The summed E-state index contributed by atoms with van der Waals surface area (Å²) in [6, 6.07) is 18.5. The number of hydrogen-bond donors (Lipinski definition) is 1. The largest absolute Gasteiger partial charge is 0.483 e. The highest BCUT2D eigenvalue weighted by Crippen LogP contribution is 2.23. The van der Waals surface area contributed by atoms with Crippen LogP contribution in [-0.2, 0) is 4.79 Å². The van der Waals surface area contributed by atoms with Crippen LogP contribution in [0.25, 0.3) is 0 Å². The number of hydrogen-bond acceptors (Lipinski definition) is 6. The van der Waals surface area contributed by atoms with Gasteiger partial charge in [-0.05, 0) is 25.1 Å². The van der Waals surface area contributed by atoms with E-state index in [4.69, 9.17) is 4.74 Å². The molecule has 3 aromatic carbocycles. The number of nitrogens with one attached hydrogen (secondary N) is 1. The van der Waals surface area contributed by atoms with E-state index in [2.05, 4.69) is 5.32 Å². The minimum atomic E-state index is -1.39. The second-order valence-electron chi connectivity index (χ2n) is 6.71. The van der Waals surface area contributed by atoms with Crippen LogP contribution < -0.4 is 10.1 Å². The Morgan fingerprint density at radius 1 is 1.00 bits per heavy atom. The average Bonchev–Trinajstić information content (AvgIpc) is 2.77. The number of para-hydroxylation sites is 1. The fraction of sp³-hybridized carbons (Fsp3) is 0.130. The number of benzene rings is 3. The molecule has 158 valence electrons. The van der Waals surface area contributed by atoms with Gasteiger partial charge in [0, 0.05) is 23.4 Å². The molecular formula is C23H19FN2O5. The van der Waals surface area contributed by atoms with Crippen molar-refractivity contribution in [2.24, 2.45) is 0 Å². The fourth-order valence-electron chi connectivity index (χ4n) is 2.94. The molecule has 0 aromatic heterocycles. The average molecular weight is 422 g/mol. The monoisotopic (exact) mass is 422 g/mol. The van der Waals surface area contributed by atoms with Gasteiger partial charge in [0.15, 0.2) is 17.9 Å². The second-order valence-corrected chi connectivity index (χ2v) is 6.71. The van der Waals surface area contributed by atoms with Gasteiger partial charge in [-0.25, -0.2) is 0 Å². The first-order chi connectivity index (χ1) is 14.9. The van der Waals surface area contributed by atoms with Gasteiger partial charge in [-0.1, -0.05) is 48.5 Å². The first-order valence-corrected chi connectivity index (χ1v) is 9.42. The van der Waals surface area contributed by atoms with Crippen molar-refractivity contribution in [3.63, 3.8) is 0 Å². The van der Waals surface area contributed by atoms with Gasteiger partial charge in [-0.2, -0.15) is 4.39 Å². The van der Waals surface area contributed by atoms with Crippen molar-refractivity contribution < 1.29 is 23.6 Å². The van der Waals surface area contributed by atoms with Crippen LogP contribution in [0.3, 0.4) is 0 Å². The Labute approximate surface area is 177 Å². The molecule has 31 heavy (non-hydrogen) atoms. The van der Waals surface area contributed by atoms with Crippen molar-refractivity contribution >= 4 is 22.9 Å². The van der Waals surface area contributed by atoms with E-state index in [0.29, 0.717) is 5.75 Å². The van der Waals surface area contributed by atoms with Crippen LogP contribution >= 0.6 is 0 Å². The molecule has 3 aromatic rings. The number of Topliss-reactive ketones (excluding diaryl/α,β-unsaturated/α-hetero) is 2. The number of ether oxygens (including phenoxy) is 1. The summed E-state index contributed by atoms with van der Waals surface area (Å²) in [4.78, 5) is 36.2. The Balaban J connectivity index is 1.89. The lowest BCUT2D eigenvalue weighted by Crippen LogP contribution is -2.44. The van der Waals surface area contributed by atoms with Gasteiger partial charge in [-0.15, -0.1) is 0 Å². The summed E-state index contributed by atoms with van der Waals surface area (Å²) in [5.74, 6) is -1.73. The van der Waals surface area contributed by atoms with Gasteiger partial charge in [0.05, 0.1) is 4.92 Å². The molecule has 0 heterocycles. The lowest BCUT2D eigenvalue weighted by Gasteiger charge is -2.22. The predicted octanol–water partition coefficient (Wildman–Crippen LogP) is 4.43. The number of nitro benzene ring substituents is 1. The van der Waals surface area contributed by atoms with E-state index in [-0.39, 0.29) is 11.3 Å². The summed E-state index contributed by atoms with van der Waals surface area (Å²) in [6.07, 6.45) is -0.990. The van der Waals surface area contributed by atoms with Gasteiger partial charge in [0.25, 0.3) is 0 Å². The normalized spacial score (nSPS) is 12.5. The van der Waals surface area contributed by atoms with Crippen LogP contribution in [0.15, 0.2) is 78.9 Å². The van der Waals surface area contributed by atoms with Crippen LogP contribution in [-0.4, -0.2) is 28.6 Å². The Bertz CT molecular complexity index is 1090. The first kappa shape index (κ1) is 21.6. The highest BCUT2D eigenvalue weighted by atomic mass is 19.1. The lowest BCUT2D eigenvalue weighted by atomic mass is 9.97. The topological polar surface area (TPSA) is 98.5 Å². The fourth-order valence-corrected chi connectivity index (χ4v) is 2.94. The maximum atomic E-state index is 14.0. The number of carbonyl (C=O) groups excluding carboxylic acids is 2. The molecule has 2 unspecified atom stereocenters. The Hall–Kier alpha value is -4.07. The smallest absolute Gasteiger partial charge is 0.304 e. The molecule has 0 spiro atoms. The number of halogens is 1. The van der Waals surface area contributed by atoms with E-state index in [1.165, 1.54) is 13.0 Å². The molecule has 0 amide bonds. The van der Waals surface area contributed by atoms with Crippen molar-refractivity contribution in [1.82, 2.24) is 0 Å². The number of nitrogens with zero attached hydrogens (tertiary/aromatic N) is 1. The third kappa shape index (κ3) is 5.30. The van der Waals surface area contributed by atoms with E-state index in [0.717, 1.165) is 12.1 Å². The third-order valence-electron chi connectivity index (χ3n) is 4.52. The SMILES string of the molecule is CC(Oc1ccccc1)C(=O)C(Nc1ccc([N+](=O)[O-])c(F)c1)C(=O)c1ccccc1. The molecular weight excluding hydrogens is 403 g/mol. The molecule has 2 atom stereocenters. The maximum absolute atomic E-state index is 14.0. The molecule has 3 rings (SSSR count). The summed E-state index contributed by atoms with van der Waals surface area (Å²) >= 11 is 0. The molecule has 0 aliphatic rings. The Kier molecular flexibility index (Phi) is 6.71. The Morgan fingerprint density at radius 3 is 2.19 bits per heavy atom. The van der Waals surface area contributed by atoms with Gasteiger partial charge >= 0.3 is 5.69 Å². The van der Waals surface area contributed by atoms with E-state index in [1.54, 1.807) is 60.7 Å². The zero-order chi connectivity index (χ0) is 22.4. The molecule has 0 aliphatic carbocycles. The summed E-state index contributed by atoms with van der Waals surface area (Å²) in [5.41, 5.74) is -0.371. The maximum Gasteiger partial charge on any atom is 0.304 e. The molecule has 0 aliphatic heterocycles. The molecule has 0 bridgehead atoms. The molecule has 0 fully saturated rings. The van der Waals surface area contributed by atoms with Crippen molar-refractivity contribution in [2.45, 2.75) is 19.1 Å². The van der Waals surface area contributed by atoms with E-state index < -0.39 is 40.1 Å². The van der Waals surface area contributed by atoms with Crippen molar-refractivity contribution in [2.75, 3.05) is 5.32 Å². The molecule has 7 nitrogen and oxygen atoms in total. The second kappa shape index (κ2) is 9.62. The summed E-state index contributed by atoms with van der Waals surface area (Å²) in [6.45, 7) is 1.51. The van der Waals surface area contributed by atoms with Gasteiger partial charge < -0.3 is 10.1 Å². The summed E-state index contributed by atoms with van der Waals surface area (Å²) < 4.78 is 19.7. The number of nitro groups is 1. The predicted molar refractivity (Wildman–Crippen MR) is 113 cm³/mol. The zero-order valence-electron chi connectivity index (χ0n) is 16.5. The summed E-state index contributed by atoms with van der Waals surface area (Å²) in [5, 5.41) is 13.5. The number of anilines is 1. The molecule has 8 heteroatoms. The standard InChI is InChI=1S/C23H19FN2O5/c1-15(31-18-10-6-3-7-11-18)22(27)21(23(28)16-8-4-2-5-9-16)25-17-12-13-20(26(29)30)19(24)14-17/h2-15,21,25H,1H3. The lowest BCUT2D eigenvalue weighted by molar-refractivity contribution is -0.387. The molecule has 0 saturated carbocycles. The van der Waals surface area contributed by atoms with Crippen LogP contribution in [0.1, 0.15) is 17.3 Å². The van der Waals surface area contributed by atoms with Crippen LogP contribution in [0.5, 0.6) is 5.75 Å². The van der Waals surface area contributed by atoms with E-state index in [1.807, 2.05) is 0 Å². The number of carbonyl (C=O) groups is 2. The number of ketones is 2. The van der Waals surface area contributed by atoms with Crippen LogP contribution in [0, 0.1) is 15.9 Å². The minimum absolute atomic E-state index is 0.0534. The summed E-state index contributed by atoms with van der Waals surface area (Å²) in [7, 11) is 0. The van der Waals surface area contributed by atoms with E-state index >= 15 is 0 Å². The van der Waals surface area contributed by atoms with Gasteiger partial charge in [-0.3, -0.25) is 19.7 Å². The highest BCUT2D eigenvalue weighted by molar-refractivity contribution is 6.17. The molecule has 1 N–H and O–H groups in total. The number of rotatable bonds is 9. The van der Waals surface area contributed by atoms with Crippen molar-refractivity contribution in [3.05, 3.63) is 100 Å².